The molecule has 7 heteroatoms. The van der Waals surface area contributed by atoms with Gasteiger partial charge in [0.05, 0.1) is 19.3 Å². The van der Waals surface area contributed by atoms with E-state index in [9.17, 15) is 9.59 Å². The van der Waals surface area contributed by atoms with Crippen LogP contribution < -0.4 is 5.32 Å². The Morgan fingerprint density at radius 2 is 2.04 bits per heavy atom. The van der Waals surface area contributed by atoms with Crippen molar-refractivity contribution in [3.8, 4) is 0 Å². The zero-order valence-electron chi connectivity index (χ0n) is 12.8. The molecular weight excluding hydrogens is 380 g/mol. The topological polar surface area (TPSA) is 58.6 Å². The molecular formula is C16H17BrN2O3S. The van der Waals surface area contributed by atoms with Crippen molar-refractivity contribution in [3.05, 3.63) is 50.6 Å². The van der Waals surface area contributed by atoms with Gasteiger partial charge < -0.3 is 10.1 Å². The summed E-state index contributed by atoms with van der Waals surface area (Å²) in [6.07, 6.45) is 0. The van der Waals surface area contributed by atoms with Crippen LogP contribution in [0.25, 0.3) is 0 Å². The average molecular weight is 397 g/mol. The standard InChI is InChI=1S/C16H17BrN2O3S/c1-19(9-11-5-3-4-6-12(11)17)10-14(20)18-13-7-8-23-15(13)16(21)22-2/h3-8H,9-10H2,1-2H3,(H,18,20). The Balaban J connectivity index is 1.93. The number of carbonyl (C=O) groups is 2. The van der Waals surface area contributed by atoms with Gasteiger partial charge in [-0.15, -0.1) is 11.3 Å². The van der Waals surface area contributed by atoms with Gasteiger partial charge in [-0.3, -0.25) is 9.69 Å². The molecule has 1 aromatic heterocycles. The molecule has 0 radical (unpaired) electrons. The molecule has 1 N–H and O–H groups in total. The van der Waals surface area contributed by atoms with Crippen LogP contribution in [0.2, 0.25) is 0 Å². The number of methoxy groups -OCH3 is 1. The molecule has 0 aliphatic carbocycles. The molecule has 1 amide bonds. The molecule has 0 unspecified atom stereocenters. The summed E-state index contributed by atoms with van der Waals surface area (Å²) in [5.41, 5.74) is 1.59. The maximum Gasteiger partial charge on any atom is 0.350 e. The van der Waals surface area contributed by atoms with Crippen LogP contribution in [0.5, 0.6) is 0 Å². The average Bonchev–Trinajstić information content (AvgIpc) is 2.96. The molecule has 1 aromatic carbocycles. The summed E-state index contributed by atoms with van der Waals surface area (Å²) in [4.78, 5) is 26.0. The third-order valence-corrected chi connectivity index (χ3v) is 4.79. The second kappa shape index (κ2) is 8.24. The number of carbonyl (C=O) groups excluding carboxylic acids is 2. The highest BCUT2D eigenvalue weighted by Gasteiger charge is 2.16. The van der Waals surface area contributed by atoms with Gasteiger partial charge in [0.2, 0.25) is 5.91 Å². The Labute approximate surface area is 147 Å². The van der Waals surface area contributed by atoms with Crippen LogP contribution in [0.15, 0.2) is 40.2 Å². The third kappa shape index (κ3) is 4.89. The number of anilines is 1. The fourth-order valence-corrected chi connectivity index (χ4v) is 3.24. The number of benzene rings is 1. The molecule has 0 saturated heterocycles. The normalized spacial score (nSPS) is 10.6. The maximum atomic E-state index is 12.1. The third-order valence-electron chi connectivity index (χ3n) is 3.12. The summed E-state index contributed by atoms with van der Waals surface area (Å²) in [7, 11) is 3.19. The molecule has 1 heterocycles. The molecule has 0 bridgehead atoms. The molecule has 0 spiro atoms. The Kier molecular flexibility index (Phi) is 6.32. The SMILES string of the molecule is COC(=O)c1sccc1NC(=O)CN(C)Cc1ccccc1Br. The van der Waals surface area contributed by atoms with Crippen molar-refractivity contribution in [2.45, 2.75) is 6.54 Å². The number of hydrogen-bond acceptors (Lipinski definition) is 5. The first kappa shape index (κ1) is 17.7. The summed E-state index contributed by atoms with van der Waals surface area (Å²) < 4.78 is 5.71. The maximum absolute atomic E-state index is 12.1. The lowest BCUT2D eigenvalue weighted by atomic mass is 10.2. The van der Waals surface area contributed by atoms with Crippen LogP contribution in [0.3, 0.4) is 0 Å². The van der Waals surface area contributed by atoms with Gasteiger partial charge in [0.25, 0.3) is 0 Å². The molecule has 5 nitrogen and oxygen atoms in total. The summed E-state index contributed by atoms with van der Waals surface area (Å²) in [5, 5.41) is 4.50. The molecule has 2 rings (SSSR count). The Hall–Kier alpha value is -1.70. The molecule has 0 fully saturated rings. The van der Waals surface area contributed by atoms with E-state index >= 15 is 0 Å². The zero-order valence-corrected chi connectivity index (χ0v) is 15.2. The van der Waals surface area contributed by atoms with Crippen molar-refractivity contribution in [3.63, 3.8) is 0 Å². The van der Waals surface area contributed by atoms with Gasteiger partial charge in [0.1, 0.15) is 4.88 Å². The highest BCUT2D eigenvalue weighted by molar-refractivity contribution is 9.10. The van der Waals surface area contributed by atoms with E-state index in [-0.39, 0.29) is 12.5 Å². The number of halogens is 1. The second-order valence-corrected chi connectivity index (χ2v) is 6.74. The number of likely N-dealkylation sites (N-methyl/N-ethyl adjacent to an activating group) is 1. The first-order valence-electron chi connectivity index (χ1n) is 6.89. The van der Waals surface area contributed by atoms with Crippen molar-refractivity contribution in [1.82, 2.24) is 4.90 Å². The molecule has 0 saturated carbocycles. The van der Waals surface area contributed by atoms with Crippen molar-refractivity contribution in [1.29, 1.82) is 0 Å². The first-order valence-corrected chi connectivity index (χ1v) is 8.56. The summed E-state index contributed by atoms with van der Waals surface area (Å²) >= 11 is 4.73. The van der Waals surface area contributed by atoms with Crippen LogP contribution in [0.4, 0.5) is 5.69 Å². The molecule has 122 valence electrons. The van der Waals surface area contributed by atoms with E-state index in [1.807, 2.05) is 36.2 Å². The van der Waals surface area contributed by atoms with Gasteiger partial charge in [-0.1, -0.05) is 34.1 Å². The Morgan fingerprint density at radius 3 is 2.74 bits per heavy atom. The van der Waals surface area contributed by atoms with E-state index in [2.05, 4.69) is 21.2 Å². The number of thiophene rings is 1. The number of esters is 1. The fourth-order valence-electron chi connectivity index (χ4n) is 2.07. The summed E-state index contributed by atoms with van der Waals surface area (Å²) in [5.74, 6) is -0.625. The van der Waals surface area contributed by atoms with Crippen LogP contribution >= 0.6 is 27.3 Å². The number of nitrogens with zero attached hydrogens (tertiary/aromatic N) is 1. The smallest absolute Gasteiger partial charge is 0.350 e. The van der Waals surface area contributed by atoms with E-state index in [0.29, 0.717) is 17.1 Å². The monoisotopic (exact) mass is 396 g/mol. The molecule has 0 aliphatic rings. The highest BCUT2D eigenvalue weighted by atomic mass is 79.9. The van der Waals surface area contributed by atoms with Crippen LogP contribution in [0.1, 0.15) is 15.2 Å². The van der Waals surface area contributed by atoms with Crippen LogP contribution in [-0.2, 0) is 16.1 Å². The quantitative estimate of drug-likeness (QED) is 0.760. The molecule has 0 atom stereocenters. The number of hydrogen-bond donors (Lipinski definition) is 1. The molecule has 2 aromatic rings. The van der Waals surface area contributed by atoms with E-state index in [1.165, 1.54) is 18.4 Å². The second-order valence-electron chi connectivity index (χ2n) is 4.97. The predicted octanol–water partition coefficient (Wildman–Crippen LogP) is 3.37. The zero-order chi connectivity index (χ0) is 16.8. The van der Waals surface area contributed by atoms with E-state index < -0.39 is 5.97 Å². The lowest BCUT2D eigenvalue weighted by Crippen LogP contribution is -2.30. The van der Waals surface area contributed by atoms with E-state index in [0.717, 1.165) is 10.0 Å². The lowest BCUT2D eigenvalue weighted by molar-refractivity contribution is -0.117. The van der Waals surface area contributed by atoms with Gasteiger partial charge in [-0.25, -0.2) is 4.79 Å². The van der Waals surface area contributed by atoms with Crippen molar-refractivity contribution in [2.24, 2.45) is 0 Å². The van der Waals surface area contributed by atoms with E-state index in [4.69, 9.17) is 4.74 Å². The number of rotatable bonds is 6. The van der Waals surface area contributed by atoms with Gasteiger partial charge in [0, 0.05) is 11.0 Å². The lowest BCUT2D eigenvalue weighted by Gasteiger charge is -2.17. The Morgan fingerprint density at radius 1 is 1.30 bits per heavy atom. The van der Waals surface area contributed by atoms with E-state index in [1.54, 1.807) is 11.4 Å². The number of amides is 1. The number of ether oxygens (including phenoxy) is 1. The minimum Gasteiger partial charge on any atom is -0.465 e. The summed E-state index contributed by atoms with van der Waals surface area (Å²) in [6, 6.07) is 9.58. The largest absolute Gasteiger partial charge is 0.465 e. The summed E-state index contributed by atoms with van der Waals surface area (Å²) in [6.45, 7) is 0.861. The highest BCUT2D eigenvalue weighted by Crippen LogP contribution is 2.23. The number of nitrogens with one attached hydrogen (secondary N) is 1. The fraction of sp³-hybridized carbons (Fsp3) is 0.250. The van der Waals surface area contributed by atoms with Crippen molar-refractivity contribution >= 4 is 44.8 Å². The van der Waals surface area contributed by atoms with Crippen LogP contribution in [0, 0.1) is 0 Å². The van der Waals surface area contributed by atoms with Gasteiger partial charge in [-0.2, -0.15) is 0 Å². The first-order chi connectivity index (χ1) is 11.0. The van der Waals surface area contributed by atoms with Crippen molar-refractivity contribution in [2.75, 3.05) is 26.0 Å². The molecule has 0 aliphatic heterocycles. The Bertz CT molecular complexity index is 702. The van der Waals surface area contributed by atoms with Crippen molar-refractivity contribution < 1.29 is 14.3 Å². The van der Waals surface area contributed by atoms with Gasteiger partial charge >= 0.3 is 5.97 Å². The van der Waals surface area contributed by atoms with Gasteiger partial charge in [0.15, 0.2) is 0 Å². The van der Waals surface area contributed by atoms with Crippen LogP contribution in [-0.4, -0.2) is 37.5 Å². The minimum atomic E-state index is -0.447. The predicted molar refractivity (Wildman–Crippen MR) is 94.8 cm³/mol. The minimum absolute atomic E-state index is 0.178. The molecule has 23 heavy (non-hydrogen) atoms. The van der Waals surface area contributed by atoms with Gasteiger partial charge in [-0.05, 0) is 30.1 Å².